The fourth-order valence-corrected chi connectivity index (χ4v) is 1.46. The van der Waals surface area contributed by atoms with Crippen LogP contribution < -0.4 is 0 Å². The third-order valence-corrected chi connectivity index (χ3v) is 2.39. The van der Waals surface area contributed by atoms with Gasteiger partial charge < -0.3 is 15.4 Å². The van der Waals surface area contributed by atoms with Crippen molar-refractivity contribution in [2.45, 2.75) is 51.4 Å². The number of aliphatic hydroxyl groups excluding tert-OH is 2. The van der Waals surface area contributed by atoms with Gasteiger partial charge >= 0.3 is 0 Å². The van der Waals surface area contributed by atoms with Gasteiger partial charge in [0.1, 0.15) is 0 Å². The molecule has 4 nitrogen and oxygen atoms in total. The van der Waals surface area contributed by atoms with Crippen LogP contribution in [0.4, 0.5) is 0 Å². The lowest BCUT2D eigenvalue weighted by atomic mass is 10.1. The number of nitrogens with zero attached hydrogens (tertiary/aromatic N) is 1. The zero-order valence-electron chi connectivity index (χ0n) is 9.36. The van der Waals surface area contributed by atoms with Crippen LogP contribution in [0.1, 0.15) is 51.4 Å². The Morgan fingerprint density at radius 3 is 1.53 bits per heavy atom. The Hall–Kier alpha value is -0.610. The standard InChI is InChI=1S/C11H23NO3/c13-9-5-1-3-7-11(12-15)8-4-2-6-10-14/h13-15H,1-10H2. The van der Waals surface area contributed by atoms with Crippen LogP contribution in [0.25, 0.3) is 0 Å². The average molecular weight is 217 g/mol. The third-order valence-electron chi connectivity index (χ3n) is 2.39. The highest BCUT2D eigenvalue weighted by molar-refractivity contribution is 5.83. The maximum atomic E-state index is 8.73. The van der Waals surface area contributed by atoms with E-state index in [2.05, 4.69) is 5.16 Å². The first kappa shape index (κ1) is 14.4. The van der Waals surface area contributed by atoms with Crippen LogP contribution in [-0.4, -0.2) is 34.3 Å². The van der Waals surface area contributed by atoms with Gasteiger partial charge in [-0.1, -0.05) is 18.0 Å². The third kappa shape index (κ3) is 9.69. The van der Waals surface area contributed by atoms with E-state index in [9.17, 15) is 0 Å². The normalized spacial score (nSPS) is 10.3. The number of rotatable bonds is 10. The summed E-state index contributed by atoms with van der Waals surface area (Å²) in [5.41, 5.74) is 0.839. The molecule has 0 bridgehead atoms. The predicted octanol–water partition coefficient (Wildman–Crippen LogP) is 1.92. The number of aliphatic hydroxyl groups is 2. The molecule has 0 aliphatic carbocycles. The second-order valence-electron chi connectivity index (χ2n) is 3.73. The van der Waals surface area contributed by atoms with E-state index >= 15 is 0 Å². The molecule has 3 N–H and O–H groups in total. The summed E-state index contributed by atoms with van der Waals surface area (Å²) in [5.74, 6) is 0. The monoisotopic (exact) mass is 217 g/mol. The van der Waals surface area contributed by atoms with Gasteiger partial charge in [-0.25, -0.2) is 0 Å². The molecule has 0 aromatic rings. The van der Waals surface area contributed by atoms with Gasteiger partial charge in [0.15, 0.2) is 0 Å². The SMILES string of the molecule is OCCCCCC(CCCCCO)=NO. The van der Waals surface area contributed by atoms with E-state index < -0.39 is 0 Å². The molecule has 4 heteroatoms. The fraction of sp³-hybridized carbons (Fsp3) is 0.909. The predicted molar refractivity (Wildman–Crippen MR) is 60.3 cm³/mol. The fourth-order valence-electron chi connectivity index (χ4n) is 1.46. The zero-order chi connectivity index (χ0) is 11.4. The van der Waals surface area contributed by atoms with Crippen molar-refractivity contribution in [2.24, 2.45) is 5.16 Å². The van der Waals surface area contributed by atoms with E-state index in [1.54, 1.807) is 0 Å². The lowest BCUT2D eigenvalue weighted by Crippen LogP contribution is -1.99. The highest BCUT2D eigenvalue weighted by Crippen LogP contribution is 2.07. The summed E-state index contributed by atoms with van der Waals surface area (Å²) in [6.07, 6.45) is 7.18. The summed E-state index contributed by atoms with van der Waals surface area (Å²) in [6.45, 7) is 0.476. The van der Waals surface area contributed by atoms with Gasteiger partial charge in [-0.15, -0.1) is 0 Å². The van der Waals surface area contributed by atoms with Crippen molar-refractivity contribution in [1.82, 2.24) is 0 Å². The molecule has 0 atom stereocenters. The summed E-state index contributed by atoms with van der Waals surface area (Å²) in [6, 6.07) is 0. The molecule has 0 unspecified atom stereocenters. The minimum absolute atomic E-state index is 0.238. The van der Waals surface area contributed by atoms with Crippen LogP contribution in [0.5, 0.6) is 0 Å². The molecular formula is C11H23NO3. The summed E-state index contributed by atoms with van der Waals surface area (Å²) in [4.78, 5) is 0. The minimum atomic E-state index is 0.238. The quantitative estimate of drug-likeness (QED) is 0.226. The van der Waals surface area contributed by atoms with Gasteiger partial charge in [0.05, 0.1) is 5.71 Å². The van der Waals surface area contributed by atoms with Gasteiger partial charge in [0.2, 0.25) is 0 Å². The van der Waals surface area contributed by atoms with E-state index in [1.165, 1.54) is 0 Å². The Morgan fingerprint density at radius 1 is 0.733 bits per heavy atom. The van der Waals surface area contributed by atoms with Crippen molar-refractivity contribution >= 4 is 5.71 Å². The number of unbranched alkanes of at least 4 members (excludes halogenated alkanes) is 4. The van der Waals surface area contributed by atoms with E-state index in [0.717, 1.165) is 57.1 Å². The van der Waals surface area contributed by atoms with Crippen molar-refractivity contribution in [3.63, 3.8) is 0 Å². The molecule has 15 heavy (non-hydrogen) atoms. The highest BCUT2D eigenvalue weighted by Gasteiger charge is 2.00. The Morgan fingerprint density at radius 2 is 1.20 bits per heavy atom. The molecule has 0 aromatic carbocycles. The van der Waals surface area contributed by atoms with Gasteiger partial charge in [-0.2, -0.15) is 0 Å². The topological polar surface area (TPSA) is 73.0 Å². The van der Waals surface area contributed by atoms with Crippen LogP contribution in [-0.2, 0) is 0 Å². The van der Waals surface area contributed by atoms with Crippen molar-refractivity contribution in [3.8, 4) is 0 Å². The largest absolute Gasteiger partial charge is 0.411 e. The van der Waals surface area contributed by atoms with Gasteiger partial charge in [0, 0.05) is 13.2 Å². The van der Waals surface area contributed by atoms with Crippen LogP contribution in [0, 0.1) is 0 Å². The van der Waals surface area contributed by atoms with Gasteiger partial charge in [0.25, 0.3) is 0 Å². The van der Waals surface area contributed by atoms with E-state index in [0.29, 0.717) is 0 Å². The number of hydrogen-bond acceptors (Lipinski definition) is 4. The molecule has 0 aromatic heterocycles. The van der Waals surface area contributed by atoms with Crippen LogP contribution in [0.15, 0.2) is 5.16 Å². The Balaban J connectivity index is 3.39. The molecule has 0 amide bonds. The van der Waals surface area contributed by atoms with Crippen LogP contribution in [0.3, 0.4) is 0 Å². The lowest BCUT2D eigenvalue weighted by molar-refractivity contribution is 0.282. The van der Waals surface area contributed by atoms with Crippen molar-refractivity contribution in [1.29, 1.82) is 0 Å². The lowest BCUT2D eigenvalue weighted by Gasteiger charge is -2.03. The van der Waals surface area contributed by atoms with E-state index in [1.807, 2.05) is 0 Å². The smallest absolute Gasteiger partial charge is 0.0570 e. The van der Waals surface area contributed by atoms with Crippen LogP contribution in [0.2, 0.25) is 0 Å². The molecule has 90 valence electrons. The first-order valence-electron chi connectivity index (χ1n) is 5.76. The molecule has 0 saturated carbocycles. The maximum absolute atomic E-state index is 8.73. The molecular weight excluding hydrogens is 194 g/mol. The molecule has 0 aliphatic heterocycles. The van der Waals surface area contributed by atoms with Gasteiger partial charge in [-0.3, -0.25) is 0 Å². The Kier molecular flexibility index (Phi) is 11.0. The zero-order valence-corrected chi connectivity index (χ0v) is 9.36. The molecule has 0 fully saturated rings. The maximum Gasteiger partial charge on any atom is 0.0570 e. The Bertz CT molecular complexity index is 146. The molecule has 0 heterocycles. The second-order valence-corrected chi connectivity index (χ2v) is 3.73. The molecule has 0 rings (SSSR count). The first-order chi connectivity index (χ1) is 7.35. The Labute approximate surface area is 91.6 Å². The molecule has 0 spiro atoms. The number of hydrogen-bond donors (Lipinski definition) is 3. The average Bonchev–Trinajstić information content (AvgIpc) is 2.27. The van der Waals surface area contributed by atoms with Crippen molar-refractivity contribution in [3.05, 3.63) is 0 Å². The van der Waals surface area contributed by atoms with Crippen molar-refractivity contribution in [2.75, 3.05) is 13.2 Å². The van der Waals surface area contributed by atoms with E-state index in [-0.39, 0.29) is 13.2 Å². The summed E-state index contributed by atoms with van der Waals surface area (Å²) < 4.78 is 0. The molecule has 0 radical (unpaired) electrons. The molecule has 0 aliphatic rings. The minimum Gasteiger partial charge on any atom is -0.411 e. The first-order valence-corrected chi connectivity index (χ1v) is 5.76. The highest BCUT2D eigenvalue weighted by atomic mass is 16.4. The number of oxime groups is 1. The van der Waals surface area contributed by atoms with Crippen LogP contribution >= 0.6 is 0 Å². The van der Waals surface area contributed by atoms with Gasteiger partial charge in [-0.05, 0) is 38.5 Å². The van der Waals surface area contributed by atoms with E-state index in [4.69, 9.17) is 15.4 Å². The second kappa shape index (κ2) is 11.5. The summed E-state index contributed by atoms with van der Waals surface area (Å²) >= 11 is 0. The summed E-state index contributed by atoms with van der Waals surface area (Å²) in [7, 11) is 0. The summed E-state index contributed by atoms with van der Waals surface area (Å²) in [5, 5.41) is 29.2. The van der Waals surface area contributed by atoms with Crippen molar-refractivity contribution < 1.29 is 15.4 Å². The molecule has 0 saturated heterocycles.